The summed E-state index contributed by atoms with van der Waals surface area (Å²) in [5, 5.41) is 3.64. The SMILES string of the molecule is CSCCCCCCNC(C)c1ccc(C(C)(C)C)cc1. The highest BCUT2D eigenvalue weighted by atomic mass is 32.2. The van der Waals surface area contributed by atoms with Gasteiger partial charge in [0.1, 0.15) is 0 Å². The molecule has 0 spiro atoms. The van der Waals surface area contributed by atoms with Crippen molar-refractivity contribution in [1.29, 1.82) is 0 Å². The van der Waals surface area contributed by atoms with Crippen LogP contribution in [0.3, 0.4) is 0 Å². The van der Waals surface area contributed by atoms with E-state index in [1.807, 2.05) is 11.8 Å². The lowest BCUT2D eigenvalue weighted by molar-refractivity contribution is 0.536. The van der Waals surface area contributed by atoms with Crippen molar-refractivity contribution in [2.75, 3.05) is 18.6 Å². The minimum Gasteiger partial charge on any atom is -0.310 e. The highest BCUT2D eigenvalue weighted by Crippen LogP contribution is 2.23. The highest BCUT2D eigenvalue weighted by Gasteiger charge is 2.13. The number of thioether (sulfide) groups is 1. The lowest BCUT2D eigenvalue weighted by atomic mass is 9.86. The van der Waals surface area contributed by atoms with Crippen molar-refractivity contribution in [2.24, 2.45) is 0 Å². The Kier molecular flexibility index (Phi) is 8.43. The van der Waals surface area contributed by atoms with E-state index in [2.05, 4.69) is 63.5 Å². The number of benzene rings is 1. The van der Waals surface area contributed by atoms with Crippen molar-refractivity contribution in [3.05, 3.63) is 35.4 Å². The average molecular weight is 308 g/mol. The van der Waals surface area contributed by atoms with Gasteiger partial charge in [-0.15, -0.1) is 0 Å². The van der Waals surface area contributed by atoms with Crippen molar-refractivity contribution in [3.63, 3.8) is 0 Å². The molecule has 21 heavy (non-hydrogen) atoms. The van der Waals surface area contributed by atoms with E-state index >= 15 is 0 Å². The largest absolute Gasteiger partial charge is 0.310 e. The third-order valence-electron chi connectivity index (χ3n) is 4.00. The summed E-state index contributed by atoms with van der Waals surface area (Å²) in [6, 6.07) is 9.55. The Morgan fingerprint density at radius 1 is 1.00 bits per heavy atom. The summed E-state index contributed by atoms with van der Waals surface area (Å²) in [6.45, 7) is 10.2. The molecular weight excluding hydrogens is 274 g/mol. The molecule has 1 rings (SSSR count). The third kappa shape index (κ3) is 7.37. The molecule has 0 aliphatic heterocycles. The molecule has 0 saturated heterocycles. The van der Waals surface area contributed by atoms with E-state index in [4.69, 9.17) is 0 Å². The molecule has 0 amide bonds. The van der Waals surface area contributed by atoms with Crippen LogP contribution in [-0.2, 0) is 5.41 Å². The van der Waals surface area contributed by atoms with Crippen molar-refractivity contribution in [2.45, 2.75) is 64.8 Å². The predicted molar refractivity (Wildman–Crippen MR) is 98.4 cm³/mol. The molecule has 0 fully saturated rings. The van der Waals surface area contributed by atoms with Gasteiger partial charge in [0, 0.05) is 6.04 Å². The second kappa shape index (κ2) is 9.53. The maximum absolute atomic E-state index is 3.64. The van der Waals surface area contributed by atoms with Crippen molar-refractivity contribution in [3.8, 4) is 0 Å². The molecule has 0 radical (unpaired) electrons. The van der Waals surface area contributed by atoms with Crippen LogP contribution in [0.2, 0.25) is 0 Å². The van der Waals surface area contributed by atoms with E-state index in [0.717, 1.165) is 6.54 Å². The average Bonchev–Trinajstić information content (AvgIpc) is 2.45. The van der Waals surface area contributed by atoms with Gasteiger partial charge >= 0.3 is 0 Å². The molecule has 0 aliphatic carbocycles. The first-order valence-corrected chi connectivity index (χ1v) is 9.67. The minimum absolute atomic E-state index is 0.242. The standard InChI is InChI=1S/C19H33NS/c1-16(20-14-8-6-7-9-15-21-5)17-10-12-18(13-11-17)19(2,3)4/h10-13,16,20H,6-9,14-15H2,1-5H3. The number of rotatable bonds is 9. The first-order valence-electron chi connectivity index (χ1n) is 8.28. The van der Waals surface area contributed by atoms with Crippen LogP contribution in [0.15, 0.2) is 24.3 Å². The van der Waals surface area contributed by atoms with E-state index < -0.39 is 0 Å². The summed E-state index contributed by atoms with van der Waals surface area (Å²) in [4.78, 5) is 0. The molecule has 0 bridgehead atoms. The van der Waals surface area contributed by atoms with Crippen LogP contribution in [-0.4, -0.2) is 18.6 Å². The van der Waals surface area contributed by atoms with E-state index in [0.29, 0.717) is 6.04 Å². The molecule has 0 heterocycles. The zero-order valence-corrected chi connectivity index (χ0v) is 15.4. The van der Waals surface area contributed by atoms with Crippen molar-refractivity contribution >= 4 is 11.8 Å². The van der Waals surface area contributed by atoms with Crippen LogP contribution in [0.1, 0.15) is 70.5 Å². The maximum Gasteiger partial charge on any atom is 0.0291 e. The van der Waals surface area contributed by atoms with Gasteiger partial charge in [-0.05, 0) is 54.9 Å². The van der Waals surface area contributed by atoms with E-state index in [-0.39, 0.29) is 5.41 Å². The Labute approximate surface area is 136 Å². The molecule has 120 valence electrons. The fourth-order valence-corrected chi connectivity index (χ4v) is 2.93. The zero-order chi connectivity index (χ0) is 15.7. The number of hydrogen-bond donors (Lipinski definition) is 1. The van der Waals surface area contributed by atoms with Crippen LogP contribution in [0, 0.1) is 0 Å². The topological polar surface area (TPSA) is 12.0 Å². The van der Waals surface area contributed by atoms with Gasteiger partial charge in [-0.25, -0.2) is 0 Å². The van der Waals surface area contributed by atoms with Gasteiger partial charge in [-0.2, -0.15) is 11.8 Å². The Balaban J connectivity index is 2.27. The summed E-state index contributed by atoms with van der Waals surface area (Å²) >= 11 is 1.95. The molecule has 0 saturated carbocycles. The van der Waals surface area contributed by atoms with Crippen LogP contribution in [0.25, 0.3) is 0 Å². The first-order chi connectivity index (χ1) is 9.95. The van der Waals surface area contributed by atoms with Crippen LogP contribution in [0.5, 0.6) is 0 Å². The highest BCUT2D eigenvalue weighted by molar-refractivity contribution is 7.98. The number of unbranched alkanes of at least 4 members (excludes halogenated alkanes) is 3. The van der Waals surface area contributed by atoms with Crippen LogP contribution >= 0.6 is 11.8 Å². The lowest BCUT2D eigenvalue weighted by Crippen LogP contribution is -2.20. The molecular formula is C19H33NS. The maximum atomic E-state index is 3.64. The number of nitrogens with one attached hydrogen (secondary N) is 1. The summed E-state index contributed by atoms with van der Waals surface area (Å²) in [6.07, 6.45) is 7.57. The Morgan fingerprint density at radius 3 is 2.19 bits per heavy atom. The van der Waals surface area contributed by atoms with Crippen LogP contribution < -0.4 is 5.32 Å². The molecule has 0 aromatic heterocycles. The fraction of sp³-hybridized carbons (Fsp3) is 0.684. The van der Waals surface area contributed by atoms with Crippen molar-refractivity contribution < 1.29 is 0 Å². The number of hydrogen-bond acceptors (Lipinski definition) is 2. The van der Waals surface area contributed by atoms with Gasteiger partial charge in [0.25, 0.3) is 0 Å². The predicted octanol–water partition coefficient (Wildman–Crippen LogP) is 5.56. The van der Waals surface area contributed by atoms with Crippen molar-refractivity contribution in [1.82, 2.24) is 5.32 Å². The van der Waals surface area contributed by atoms with Gasteiger partial charge in [0.2, 0.25) is 0 Å². The minimum atomic E-state index is 0.242. The zero-order valence-electron chi connectivity index (χ0n) is 14.5. The fourth-order valence-electron chi connectivity index (χ4n) is 2.43. The van der Waals surface area contributed by atoms with Gasteiger partial charge in [-0.3, -0.25) is 0 Å². The summed E-state index contributed by atoms with van der Waals surface area (Å²) in [5.41, 5.74) is 3.05. The molecule has 1 N–H and O–H groups in total. The molecule has 1 nitrogen and oxygen atoms in total. The summed E-state index contributed by atoms with van der Waals surface area (Å²) < 4.78 is 0. The lowest BCUT2D eigenvalue weighted by Gasteiger charge is -2.20. The van der Waals surface area contributed by atoms with Gasteiger partial charge < -0.3 is 5.32 Å². The Bertz CT molecular complexity index is 378. The van der Waals surface area contributed by atoms with Gasteiger partial charge in [0.05, 0.1) is 0 Å². The van der Waals surface area contributed by atoms with Gasteiger partial charge in [0.15, 0.2) is 0 Å². The smallest absolute Gasteiger partial charge is 0.0291 e. The second-order valence-corrected chi connectivity index (χ2v) is 7.94. The molecule has 1 aromatic carbocycles. The van der Waals surface area contributed by atoms with E-state index in [9.17, 15) is 0 Å². The summed E-state index contributed by atoms with van der Waals surface area (Å²) in [5.74, 6) is 1.31. The Morgan fingerprint density at radius 2 is 1.62 bits per heavy atom. The molecule has 0 aliphatic rings. The molecule has 1 atom stereocenters. The molecule has 1 aromatic rings. The first kappa shape index (κ1) is 18.6. The van der Waals surface area contributed by atoms with Crippen LogP contribution in [0.4, 0.5) is 0 Å². The monoisotopic (exact) mass is 307 g/mol. The quantitative estimate of drug-likeness (QED) is 0.600. The summed E-state index contributed by atoms with van der Waals surface area (Å²) in [7, 11) is 0. The second-order valence-electron chi connectivity index (χ2n) is 6.95. The van der Waals surface area contributed by atoms with E-state index in [1.54, 1.807) is 0 Å². The van der Waals surface area contributed by atoms with E-state index in [1.165, 1.54) is 42.6 Å². The van der Waals surface area contributed by atoms with Gasteiger partial charge in [-0.1, -0.05) is 57.9 Å². The normalized spacial score (nSPS) is 13.4. The molecule has 1 unspecified atom stereocenters. The third-order valence-corrected chi connectivity index (χ3v) is 4.70. The Hall–Kier alpha value is -0.470. The molecule has 2 heteroatoms.